The first-order chi connectivity index (χ1) is 11.3. The molecule has 0 radical (unpaired) electrons. The second-order valence-corrected chi connectivity index (χ2v) is 6.41. The number of nitriles is 1. The van der Waals surface area contributed by atoms with Crippen molar-refractivity contribution in [3.63, 3.8) is 0 Å². The molecule has 1 aromatic rings. The van der Waals surface area contributed by atoms with E-state index in [1.807, 2.05) is 23.1 Å². The van der Waals surface area contributed by atoms with Gasteiger partial charge in [-0.1, -0.05) is 12.1 Å². The molecule has 120 valence electrons. The zero-order valence-electron chi connectivity index (χ0n) is 13.4. The lowest BCUT2D eigenvalue weighted by Crippen LogP contribution is -2.41. The molecule has 1 aromatic carbocycles. The Bertz CT molecular complexity index is 626. The van der Waals surface area contributed by atoms with E-state index >= 15 is 0 Å². The summed E-state index contributed by atoms with van der Waals surface area (Å²) < 4.78 is 0. The van der Waals surface area contributed by atoms with Gasteiger partial charge in [0.15, 0.2) is 0 Å². The van der Waals surface area contributed by atoms with Gasteiger partial charge in [0.2, 0.25) is 5.91 Å². The van der Waals surface area contributed by atoms with Gasteiger partial charge >= 0.3 is 0 Å². The molecule has 0 saturated carbocycles. The highest BCUT2D eigenvalue weighted by molar-refractivity contribution is 5.92. The van der Waals surface area contributed by atoms with E-state index in [0.29, 0.717) is 11.6 Å². The van der Waals surface area contributed by atoms with Crippen molar-refractivity contribution in [3.8, 4) is 6.07 Å². The smallest absolute Gasteiger partial charge is 0.246 e. The van der Waals surface area contributed by atoms with Gasteiger partial charge in [0, 0.05) is 25.2 Å². The van der Waals surface area contributed by atoms with E-state index < -0.39 is 0 Å². The van der Waals surface area contributed by atoms with Crippen molar-refractivity contribution in [2.45, 2.75) is 31.7 Å². The molecular formula is C19H23N3O. The summed E-state index contributed by atoms with van der Waals surface area (Å²) in [5.41, 5.74) is 1.51. The number of carbonyl (C=O) groups excluding carboxylic acids is 1. The minimum Gasteiger partial charge on any atom is -0.335 e. The Labute approximate surface area is 138 Å². The number of likely N-dealkylation sites (tertiary alicyclic amines) is 2. The van der Waals surface area contributed by atoms with Crippen LogP contribution in [-0.4, -0.2) is 47.9 Å². The topological polar surface area (TPSA) is 47.3 Å². The van der Waals surface area contributed by atoms with Crippen LogP contribution in [0.2, 0.25) is 0 Å². The SMILES string of the molecule is N#Cc1cccc(C=CC(=O)N2CCC[C@H]2CN2CCCC2)c1. The number of rotatable bonds is 4. The van der Waals surface area contributed by atoms with E-state index in [4.69, 9.17) is 5.26 Å². The van der Waals surface area contributed by atoms with Crippen molar-refractivity contribution in [2.24, 2.45) is 0 Å². The summed E-state index contributed by atoms with van der Waals surface area (Å²) in [6.07, 6.45) is 8.25. The molecule has 0 N–H and O–H groups in total. The second kappa shape index (κ2) is 7.43. The first-order valence-electron chi connectivity index (χ1n) is 8.47. The third-order valence-electron chi connectivity index (χ3n) is 4.76. The van der Waals surface area contributed by atoms with E-state index in [1.165, 1.54) is 25.9 Å². The van der Waals surface area contributed by atoms with Gasteiger partial charge < -0.3 is 9.80 Å². The minimum atomic E-state index is 0.0917. The molecule has 2 heterocycles. The van der Waals surface area contributed by atoms with Gasteiger partial charge in [0.05, 0.1) is 11.6 Å². The number of amides is 1. The Balaban J connectivity index is 1.61. The zero-order chi connectivity index (χ0) is 16.1. The van der Waals surface area contributed by atoms with Crippen LogP contribution in [0.3, 0.4) is 0 Å². The van der Waals surface area contributed by atoms with E-state index in [9.17, 15) is 4.79 Å². The van der Waals surface area contributed by atoms with Crippen molar-refractivity contribution in [1.82, 2.24) is 9.80 Å². The van der Waals surface area contributed by atoms with Crippen LogP contribution in [0, 0.1) is 11.3 Å². The molecule has 4 nitrogen and oxygen atoms in total. The summed E-state index contributed by atoms with van der Waals surface area (Å²) in [5.74, 6) is 0.0917. The van der Waals surface area contributed by atoms with Gasteiger partial charge in [-0.2, -0.15) is 5.26 Å². The van der Waals surface area contributed by atoms with Crippen LogP contribution in [0.5, 0.6) is 0 Å². The first-order valence-corrected chi connectivity index (χ1v) is 8.47. The number of benzene rings is 1. The van der Waals surface area contributed by atoms with Gasteiger partial charge in [-0.05, 0) is 62.5 Å². The molecule has 0 spiro atoms. The Morgan fingerprint density at radius 3 is 2.87 bits per heavy atom. The van der Waals surface area contributed by atoms with Crippen LogP contribution >= 0.6 is 0 Å². The molecule has 1 amide bonds. The Morgan fingerprint density at radius 2 is 2.09 bits per heavy atom. The predicted molar refractivity (Wildman–Crippen MR) is 90.6 cm³/mol. The molecule has 4 heteroatoms. The fourth-order valence-electron chi connectivity index (χ4n) is 3.55. The lowest BCUT2D eigenvalue weighted by atomic mass is 10.1. The van der Waals surface area contributed by atoms with Crippen molar-refractivity contribution < 1.29 is 4.79 Å². The summed E-state index contributed by atoms with van der Waals surface area (Å²) in [4.78, 5) is 17.0. The highest BCUT2D eigenvalue weighted by atomic mass is 16.2. The molecule has 0 aromatic heterocycles. The maximum Gasteiger partial charge on any atom is 0.246 e. The van der Waals surface area contributed by atoms with Crippen molar-refractivity contribution in [2.75, 3.05) is 26.2 Å². The van der Waals surface area contributed by atoms with Gasteiger partial charge in [0.1, 0.15) is 0 Å². The van der Waals surface area contributed by atoms with Crippen LogP contribution in [0.25, 0.3) is 6.08 Å². The standard InChI is InChI=1S/C19H23N3O/c20-14-17-6-3-5-16(13-17)8-9-19(23)22-12-4-7-18(22)15-21-10-1-2-11-21/h3,5-6,8-9,13,18H,1-2,4,7,10-12,15H2/t18-/m0/s1. The normalized spacial score (nSPS) is 21.9. The summed E-state index contributed by atoms with van der Waals surface area (Å²) in [7, 11) is 0. The largest absolute Gasteiger partial charge is 0.335 e. The molecule has 2 aliphatic rings. The Morgan fingerprint density at radius 1 is 1.26 bits per heavy atom. The molecule has 1 atom stereocenters. The lowest BCUT2D eigenvalue weighted by molar-refractivity contribution is -0.127. The highest BCUT2D eigenvalue weighted by Crippen LogP contribution is 2.21. The average Bonchev–Trinajstić information content (AvgIpc) is 3.25. The fourth-order valence-corrected chi connectivity index (χ4v) is 3.55. The summed E-state index contributed by atoms with van der Waals surface area (Å²) in [6, 6.07) is 9.81. The Kier molecular flexibility index (Phi) is 5.09. The van der Waals surface area contributed by atoms with Crippen molar-refractivity contribution in [1.29, 1.82) is 5.26 Å². The predicted octanol–water partition coefficient (Wildman–Crippen LogP) is 2.66. The van der Waals surface area contributed by atoms with Gasteiger partial charge in [-0.15, -0.1) is 0 Å². The van der Waals surface area contributed by atoms with Crippen LogP contribution in [-0.2, 0) is 4.79 Å². The molecule has 3 rings (SSSR count). The van der Waals surface area contributed by atoms with Crippen LogP contribution < -0.4 is 0 Å². The Hall–Kier alpha value is -2.12. The van der Waals surface area contributed by atoms with Crippen LogP contribution in [0.4, 0.5) is 0 Å². The van der Waals surface area contributed by atoms with Crippen LogP contribution in [0.15, 0.2) is 30.3 Å². The average molecular weight is 309 g/mol. The first kappa shape index (κ1) is 15.8. The van der Waals surface area contributed by atoms with Crippen LogP contribution in [0.1, 0.15) is 36.8 Å². The number of nitrogens with zero attached hydrogens (tertiary/aromatic N) is 3. The van der Waals surface area contributed by atoms with E-state index in [2.05, 4.69) is 11.0 Å². The van der Waals surface area contributed by atoms with E-state index in [0.717, 1.165) is 31.5 Å². The minimum absolute atomic E-state index is 0.0917. The van der Waals surface area contributed by atoms with Gasteiger partial charge in [0.25, 0.3) is 0 Å². The molecular weight excluding hydrogens is 286 g/mol. The maximum absolute atomic E-state index is 12.5. The summed E-state index contributed by atoms with van der Waals surface area (Å²) in [5, 5.41) is 8.93. The van der Waals surface area contributed by atoms with Crippen molar-refractivity contribution >= 4 is 12.0 Å². The monoisotopic (exact) mass is 309 g/mol. The van der Waals surface area contributed by atoms with E-state index in [1.54, 1.807) is 18.2 Å². The third kappa shape index (κ3) is 4.00. The van der Waals surface area contributed by atoms with Gasteiger partial charge in [-0.3, -0.25) is 4.79 Å². The zero-order valence-corrected chi connectivity index (χ0v) is 13.4. The molecule has 0 bridgehead atoms. The maximum atomic E-state index is 12.5. The number of carbonyl (C=O) groups is 1. The van der Waals surface area contributed by atoms with E-state index in [-0.39, 0.29) is 5.91 Å². The highest BCUT2D eigenvalue weighted by Gasteiger charge is 2.29. The molecule has 23 heavy (non-hydrogen) atoms. The third-order valence-corrected chi connectivity index (χ3v) is 4.76. The summed E-state index contributed by atoms with van der Waals surface area (Å²) in [6.45, 7) is 4.23. The molecule has 0 aliphatic carbocycles. The molecule has 2 aliphatic heterocycles. The second-order valence-electron chi connectivity index (χ2n) is 6.41. The summed E-state index contributed by atoms with van der Waals surface area (Å²) >= 11 is 0. The number of hydrogen-bond acceptors (Lipinski definition) is 3. The fraction of sp³-hybridized carbons (Fsp3) is 0.474. The quantitative estimate of drug-likeness (QED) is 0.803. The van der Waals surface area contributed by atoms with Gasteiger partial charge in [-0.25, -0.2) is 0 Å². The molecule has 0 unspecified atom stereocenters. The number of hydrogen-bond donors (Lipinski definition) is 0. The molecule has 2 fully saturated rings. The lowest BCUT2D eigenvalue weighted by Gasteiger charge is -2.27. The molecule has 2 saturated heterocycles. The van der Waals surface area contributed by atoms with Crippen molar-refractivity contribution in [3.05, 3.63) is 41.5 Å².